The standard InChI is InChI=1S/C15H13ClO4/c1-18-15(17)20-14-9-5-8-13(16)12(14)10-19-11-6-3-2-4-7-11/h2-9H,10H2,1H3. The van der Waals surface area contributed by atoms with Gasteiger partial charge in [-0.2, -0.15) is 0 Å². The molecule has 0 atom stereocenters. The molecule has 0 aliphatic carbocycles. The highest BCUT2D eigenvalue weighted by Gasteiger charge is 2.13. The zero-order chi connectivity index (χ0) is 14.4. The Kier molecular flexibility index (Phi) is 4.85. The quantitative estimate of drug-likeness (QED) is 0.629. The highest BCUT2D eigenvalue weighted by atomic mass is 35.5. The van der Waals surface area contributed by atoms with Crippen LogP contribution in [0.2, 0.25) is 5.02 Å². The highest BCUT2D eigenvalue weighted by Crippen LogP contribution is 2.28. The van der Waals surface area contributed by atoms with E-state index < -0.39 is 6.16 Å². The van der Waals surface area contributed by atoms with Crippen molar-refractivity contribution in [2.75, 3.05) is 7.11 Å². The molecule has 0 aromatic heterocycles. The number of benzene rings is 2. The molecule has 2 aromatic carbocycles. The second-order valence-corrected chi connectivity index (χ2v) is 4.28. The average Bonchev–Trinajstić information content (AvgIpc) is 2.47. The Morgan fingerprint density at radius 1 is 1.10 bits per heavy atom. The summed E-state index contributed by atoms with van der Waals surface area (Å²) in [4.78, 5) is 11.2. The predicted molar refractivity (Wildman–Crippen MR) is 75.3 cm³/mol. The van der Waals surface area contributed by atoms with E-state index in [1.807, 2.05) is 30.3 Å². The van der Waals surface area contributed by atoms with Crippen molar-refractivity contribution >= 4 is 17.8 Å². The van der Waals surface area contributed by atoms with Crippen LogP contribution < -0.4 is 9.47 Å². The van der Waals surface area contributed by atoms with Crippen molar-refractivity contribution in [3.05, 3.63) is 59.1 Å². The van der Waals surface area contributed by atoms with Gasteiger partial charge in [-0.1, -0.05) is 35.9 Å². The first-order valence-electron chi connectivity index (χ1n) is 5.91. The molecule has 0 amide bonds. The normalized spacial score (nSPS) is 9.90. The molecule has 2 aromatic rings. The smallest absolute Gasteiger partial charge is 0.489 e. The second kappa shape index (κ2) is 6.82. The largest absolute Gasteiger partial charge is 0.513 e. The Morgan fingerprint density at radius 3 is 2.55 bits per heavy atom. The third kappa shape index (κ3) is 3.65. The van der Waals surface area contributed by atoms with Crippen molar-refractivity contribution in [2.45, 2.75) is 6.61 Å². The molecule has 4 nitrogen and oxygen atoms in total. The maximum atomic E-state index is 11.2. The summed E-state index contributed by atoms with van der Waals surface area (Å²) in [7, 11) is 1.24. The molecule has 0 saturated heterocycles. The fourth-order valence-corrected chi connectivity index (χ4v) is 1.80. The number of hydrogen-bond donors (Lipinski definition) is 0. The summed E-state index contributed by atoms with van der Waals surface area (Å²) in [5.41, 5.74) is 0.586. The molecule has 0 aliphatic rings. The number of carbonyl (C=O) groups excluding carboxylic acids is 1. The lowest BCUT2D eigenvalue weighted by atomic mass is 10.2. The van der Waals surface area contributed by atoms with Crippen LogP contribution in [0.5, 0.6) is 11.5 Å². The van der Waals surface area contributed by atoms with Crippen molar-refractivity contribution < 1.29 is 19.0 Å². The summed E-state index contributed by atoms with van der Waals surface area (Å²) in [6.07, 6.45) is -0.798. The third-order valence-corrected chi connectivity index (χ3v) is 2.92. The topological polar surface area (TPSA) is 44.8 Å². The van der Waals surface area contributed by atoms with E-state index in [-0.39, 0.29) is 6.61 Å². The molecule has 0 radical (unpaired) electrons. The predicted octanol–water partition coefficient (Wildman–Crippen LogP) is 4.06. The van der Waals surface area contributed by atoms with Crippen LogP contribution in [-0.4, -0.2) is 13.3 Å². The SMILES string of the molecule is COC(=O)Oc1cccc(Cl)c1COc1ccccc1. The molecular weight excluding hydrogens is 280 g/mol. The molecular formula is C15H13ClO4. The number of rotatable bonds is 4. The molecule has 20 heavy (non-hydrogen) atoms. The monoisotopic (exact) mass is 292 g/mol. The first-order valence-corrected chi connectivity index (χ1v) is 6.29. The first-order chi connectivity index (χ1) is 9.70. The van der Waals surface area contributed by atoms with Gasteiger partial charge in [-0.15, -0.1) is 0 Å². The van der Waals surface area contributed by atoms with Gasteiger partial charge in [0.2, 0.25) is 0 Å². The number of ether oxygens (including phenoxy) is 3. The molecule has 0 bridgehead atoms. The lowest BCUT2D eigenvalue weighted by Crippen LogP contribution is -2.10. The van der Waals surface area contributed by atoms with E-state index in [0.717, 1.165) is 0 Å². The lowest BCUT2D eigenvalue weighted by molar-refractivity contribution is 0.120. The van der Waals surface area contributed by atoms with Crippen LogP contribution in [0.15, 0.2) is 48.5 Å². The van der Waals surface area contributed by atoms with Crippen molar-refractivity contribution in [2.24, 2.45) is 0 Å². The van der Waals surface area contributed by atoms with E-state index in [1.165, 1.54) is 7.11 Å². The molecule has 0 fully saturated rings. The van der Waals surface area contributed by atoms with Crippen molar-refractivity contribution in [1.82, 2.24) is 0 Å². The van der Waals surface area contributed by atoms with Gasteiger partial charge >= 0.3 is 6.16 Å². The number of methoxy groups -OCH3 is 1. The van der Waals surface area contributed by atoms with Gasteiger partial charge in [0.1, 0.15) is 18.1 Å². The molecule has 104 valence electrons. The Morgan fingerprint density at radius 2 is 1.85 bits per heavy atom. The average molecular weight is 293 g/mol. The summed E-state index contributed by atoms with van der Waals surface area (Å²) in [6.45, 7) is 0.190. The van der Waals surface area contributed by atoms with Crippen molar-refractivity contribution in [3.8, 4) is 11.5 Å². The Labute approximate surface area is 121 Å². The van der Waals surface area contributed by atoms with Crippen LogP contribution in [-0.2, 0) is 11.3 Å². The van der Waals surface area contributed by atoms with E-state index in [2.05, 4.69) is 4.74 Å². The van der Waals surface area contributed by atoms with Crippen LogP contribution in [0.4, 0.5) is 4.79 Å². The maximum absolute atomic E-state index is 11.2. The molecule has 0 N–H and O–H groups in total. The number of para-hydroxylation sites is 1. The van der Waals surface area contributed by atoms with E-state index in [9.17, 15) is 4.79 Å². The van der Waals surface area contributed by atoms with Gasteiger partial charge in [0, 0.05) is 0 Å². The fourth-order valence-electron chi connectivity index (χ4n) is 1.58. The third-order valence-electron chi connectivity index (χ3n) is 2.56. The lowest BCUT2D eigenvalue weighted by Gasteiger charge is -2.12. The zero-order valence-electron chi connectivity index (χ0n) is 10.8. The van der Waals surface area contributed by atoms with Crippen molar-refractivity contribution in [3.63, 3.8) is 0 Å². The molecule has 0 aliphatic heterocycles. The Balaban J connectivity index is 2.15. The minimum Gasteiger partial charge on any atom is -0.489 e. The maximum Gasteiger partial charge on any atom is 0.513 e. The summed E-state index contributed by atoms with van der Waals surface area (Å²) in [6, 6.07) is 14.3. The van der Waals surface area contributed by atoms with Crippen LogP contribution in [0, 0.1) is 0 Å². The summed E-state index contributed by atoms with van der Waals surface area (Å²) < 4.78 is 15.1. The van der Waals surface area contributed by atoms with Gasteiger partial charge in [-0.05, 0) is 24.3 Å². The van der Waals surface area contributed by atoms with Crippen molar-refractivity contribution in [1.29, 1.82) is 0 Å². The summed E-state index contributed by atoms with van der Waals surface area (Å²) in [5, 5.41) is 0.460. The molecule has 0 heterocycles. The van der Waals surface area contributed by atoms with Crippen LogP contribution in [0.25, 0.3) is 0 Å². The minimum absolute atomic E-state index is 0.190. The summed E-state index contributed by atoms with van der Waals surface area (Å²) in [5.74, 6) is 1.02. The number of carbonyl (C=O) groups is 1. The van der Waals surface area contributed by atoms with E-state index in [0.29, 0.717) is 22.1 Å². The first kappa shape index (κ1) is 14.2. The molecule has 5 heteroatoms. The van der Waals surface area contributed by atoms with Crippen LogP contribution >= 0.6 is 11.6 Å². The highest BCUT2D eigenvalue weighted by molar-refractivity contribution is 6.31. The van der Waals surface area contributed by atoms with E-state index in [4.69, 9.17) is 21.1 Å². The van der Waals surface area contributed by atoms with E-state index >= 15 is 0 Å². The Hall–Kier alpha value is -2.20. The van der Waals surface area contributed by atoms with Gasteiger partial charge in [-0.25, -0.2) is 4.79 Å². The minimum atomic E-state index is -0.798. The van der Waals surface area contributed by atoms with E-state index in [1.54, 1.807) is 18.2 Å². The van der Waals surface area contributed by atoms with Gasteiger partial charge in [0.05, 0.1) is 17.7 Å². The fraction of sp³-hybridized carbons (Fsp3) is 0.133. The number of halogens is 1. The number of hydrogen-bond acceptors (Lipinski definition) is 4. The van der Waals surface area contributed by atoms with Gasteiger partial charge in [0.25, 0.3) is 0 Å². The molecule has 2 rings (SSSR count). The summed E-state index contributed by atoms with van der Waals surface area (Å²) >= 11 is 6.11. The van der Waals surface area contributed by atoms with Gasteiger partial charge in [0.15, 0.2) is 0 Å². The van der Waals surface area contributed by atoms with Gasteiger partial charge in [-0.3, -0.25) is 0 Å². The second-order valence-electron chi connectivity index (χ2n) is 3.87. The Bertz CT molecular complexity index is 584. The van der Waals surface area contributed by atoms with Crippen LogP contribution in [0.1, 0.15) is 5.56 Å². The molecule has 0 unspecified atom stereocenters. The van der Waals surface area contributed by atoms with Gasteiger partial charge < -0.3 is 14.2 Å². The molecule has 0 saturated carbocycles. The zero-order valence-corrected chi connectivity index (χ0v) is 11.6. The molecule has 0 spiro atoms. The van der Waals surface area contributed by atoms with Crippen LogP contribution in [0.3, 0.4) is 0 Å².